The third-order valence-corrected chi connectivity index (χ3v) is 6.89. The first-order valence-electron chi connectivity index (χ1n) is 10.1. The van der Waals surface area contributed by atoms with E-state index in [1.54, 1.807) is 12.1 Å². The molecule has 1 saturated carbocycles. The Hall–Kier alpha value is -2.08. The molecule has 4 rings (SSSR count). The van der Waals surface area contributed by atoms with Gasteiger partial charge >= 0.3 is 0 Å². The van der Waals surface area contributed by atoms with Crippen LogP contribution in [-0.2, 0) is 4.79 Å². The van der Waals surface area contributed by atoms with Crippen LogP contribution in [0.25, 0.3) is 11.3 Å². The summed E-state index contributed by atoms with van der Waals surface area (Å²) < 4.78 is 0. The molecular formula is C23H23Cl2N3OS. The van der Waals surface area contributed by atoms with Crippen molar-refractivity contribution >= 4 is 57.0 Å². The molecule has 0 aliphatic heterocycles. The number of aromatic nitrogens is 1. The molecule has 0 bridgehead atoms. The molecule has 1 aliphatic rings. The van der Waals surface area contributed by atoms with E-state index >= 15 is 0 Å². The van der Waals surface area contributed by atoms with Crippen LogP contribution in [0, 0.1) is 5.92 Å². The zero-order chi connectivity index (χ0) is 20.9. The molecule has 0 radical (unpaired) electrons. The maximum atomic E-state index is 12.2. The normalized spacial score (nSPS) is 14.1. The minimum atomic E-state index is 0.0939. The van der Waals surface area contributed by atoms with Gasteiger partial charge in [-0.2, -0.15) is 0 Å². The van der Waals surface area contributed by atoms with E-state index in [1.165, 1.54) is 37.0 Å². The number of hydrogen-bond donors (Lipinski definition) is 2. The van der Waals surface area contributed by atoms with Gasteiger partial charge in [0.1, 0.15) is 0 Å². The lowest BCUT2D eigenvalue weighted by molar-refractivity contribution is -0.116. The maximum absolute atomic E-state index is 12.2. The Morgan fingerprint density at radius 3 is 2.50 bits per heavy atom. The van der Waals surface area contributed by atoms with Crippen LogP contribution in [0.3, 0.4) is 0 Å². The van der Waals surface area contributed by atoms with Gasteiger partial charge in [0, 0.05) is 28.7 Å². The van der Waals surface area contributed by atoms with E-state index in [2.05, 4.69) is 15.6 Å². The lowest BCUT2D eigenvalue weighted by atomic mass is 10.0. The fraction of sp³-hybridized carbons (Fsp3) is 0.304. The first-order chi connectivity index (χ1) is 14.6. The molecule has 30 heavy (non-hydrogen) atoms. The minimum absolute atomic E-state index is 0.0939. The van der Waals surface area contributed by atoms with Gasteiger partial charge in [0.2, 0.25) is 5.91 Å². The Morgan fingerprint density at radius 2 is 1.77 bits per heavy atom. The molecule has 0 saturated heterocycles. The van der Waals surface area contributed by atoms with Gasteiger partial charge < -0.3 is 10.6 Å². The fourth-order valence-corrected chi connectivity index (χ4v) is 4.78. The Morgan fingerprint density at radius 1 is 1.03 bits per heavy atom. The predicted octanol–water partition coefficient (Wildman–Crippen LogP) is 7.77. The van der Waals surface area contributed by atoms with E-state index in [9.17, 15) is 4.79 Å². The first kappa shape index (κ1) is 21.2. The number of rotatable bonds is 7. The number of amides is 1. The van der Waals surface area contributed by atoms with Gasteiger partial charge in [0.15, 0.2) is 5.13 Å². The van der Waals surface area contributed by atoms with Crippen molar-refractivity contribution < 1.29 is 4.79 Å². The number of benzene rings is 2. The lowest BCUT2D eigenvalue weighted by Gasteiger charge is -2.09. The summed E-state index contributed by atoms with van der Waals surface area (Å²) in [5.74, 6) is 0.825. The number of carbonyl (C=O) groups excluding carboxylic acids is 1. The van der Waals surface area contributed by atoms with Crippen molar-refractivity contribution in [1.82, 2.24) is 4.98 Å². The third kappa shape index (κ3) is 5.54. The van der Waals surface area contributed by atoms with Crippen LogP contribution < -0.4 is 10.6 Å². The van der Waals surface area contributed by atoms with E-state index in [4.69, 9.17) is 23.2 Å². The van der Waals surface area contributed by atoms with Crippen molar-refractivity contribution in [2.45, 2.75) is 38.5 Å². The van der Waals surface area contributed by atoms with Crippen molar-refractivity contribution in [3.05, 3.63) is 57.9 Å². The second kappa shape index (κ2) is 9.82. The summed E-state index contributed by atoms with van der Waals surface area (Å²) in [5.41, 5.74) is 3.53. The Labute approximate surface area is 190 Å². The van der Waals surface area contributed by atoms with Gasteiger partial charge in [0.05, 0.1) is 15.7 Å². The lowest BCUT2D eigenvalue weighted by Crippen LogP contribution is -2.12. The average Bonchev–Trinajstić information content (AvgIpc) is 3.42. The molecule has 0 spiro atoms. The average molecular weight is 460 g/mol. The summed E-state index contributed by atoms with van der Waals surface area (Å²) in [6.07, 6.45) is 6.78. The zero-order valence-electron chi connectivity index (χ0n) is 16.5. The monoisotopic (exact) mass is 459 g/mol. The first-order valence-corrected chi connectivity index (χ1v) is 11.8. The largest absolute Gasteiger partial charge is 0.331 e. The van der Waals surface area contributed by atoms with Crippen LogP contribution in [0.4, 0.5) is 16.5 Å². The highest BCUT2D eigenvalue weighted by Gasteiger charge is 2.16. The molecule has 0 atom stereocenters. The van der Waals surface area contributed by atoms with Gasteiger partial charge in [-0.3, -0.25) is 4.79 Å². The second-order valence-electron chi connectivity index (χ2n) is 7.61. The van der Waals surface area contributed by atoms with Crippen molar-refractivity contribution in [2.24, 2.45) is 5.92 Å². The Kier molecular flexibility index (Phi) is 6.93. The number of hydrogen-bond acceptors (Lipinski definition) is 4. The molecule has 1 amide bonds. The van der Waals surface area contributed by atoms with E-state index in [1.807, 2.05) is 35.7 Å². The van der Waals surface area contributed by atoms with Crippen LogP contribution >= 0.6 is 34.5 Å². The highest BCUT2D eigenvalue weighted by Crippen LogP contribution is 2.31. The molecule has 2 aromatic carbocycles. The fourth-order valence-electron chi connectivity index (χ4n) is 3.74. The zero-order valence-corrected chi connectivity index (χ0v) is 18.8. The Balaban J connectivity index is 1.33. The van der Waals surface area contributed by atoms with Gasteiger partial charge in [0.25, 0.3) is 0 Å². The van der Waals surface area contributed by atoms with Gasteiger partial charge in [-0.25, -0.2) is 4.98 Å². The van der Waals surface area contributed by atoms with Crippen LogP contribution in [0.15, 0.2) is 47.8 Å². The van der Waals surface area contributed by atoms with Crippen molar-refractivity contribution in [1.29, 1.82) is 0 Å². The molecule has 3 aromatic rings. The molecule has 4 nitrogen and oxygen atoms in total. The van der Waals surface area contributed by atoms with Crippen LogP contribution in [0.5, 0.6) is 0 Å². The highest BCUT2D eigenvalue weighted by atomic mass is 35.5. The van der Waals surface area contributed by atoms with E-state index in [0.29, 0.717) is 16.5 Å². The van der Waals surface area contributed by atoms with Gasteiger partial charge in [-0.1, -0.05) is 61.0 Å². The van der Waals surface area contributed by atoms with E-state index in [0.717, 1.165) is 40.1 Å². The quantitative estimate of drug-likeness (QED) is 0.379. The van der Waals surface area contributed by atoms with Gasteiger partial charge in [-0.05, 0) is 42.7 Å². The SMILES string of the molecule is O=C(CCC1CCCC1)Nc1ccc(-c2csc(Nc3ccc(Cl)c(Cl)c3)n2)cc1. The molecule has 0 unspecified atom stereocenters. The van der Waals surface area contributed by atoms with Crippen molar-refractivity contribution in [3.63, 3.8) is 0 Å². The summed E-state index contributed by atoms with van der Waals surface area (Å²) in [5, 5.41) is 10.0. The molecule has 2 N–H and O–H groups in total. The topological polar surface area (TPSA) is 54.0 Å². The smallest absolute Gasteiger partial charge is 0.224 e. The number of nitrogens with one attached hydrogen (secondary N) is 2. The number of anilines is 3. The number of nitrogens with zero attached hydrogens (tertiary/aromatic N) is 1. The second-order valence-corrected chi connectivity index (χ2v) is 9.28. The summed E-state index contributed by atoms with van der Waals surface area (Å²) in [6.45, 7) is 0. The van der Waals surface area contributed by atoms with E-state index in [-0.39, 0.29) is 5.91 Å². The van der Waals surface area contributed by atoms with Crippen LogP contribution in [-0.4, -0.2) is 10.9 Å². The Bertz CT molecular complexity index is 1010. The molecule has 7 heteroatoms. The van der Waals surface area contributed by atoms with Crippen molar-refractivity contribution in [3.8, 4) is 11.3 Å². The standard InChI is InChI=1S/C23H23Cl2N3OS/c24-19-11-10-18(13-20(19)25)27-23-28-21(14-30-23)16-6-8-17(9-7-16)26-22(29)12-5-15-3-1-2-4-15/h6-11,13-15H,1-5,12H2,(H,26,29)(H,27,28). The van der Waals surface area contributed by atoms with Crippen LogP contribution in [0.2, 0.25) is 10.0 Å². The maximum Gasteiger partial charge on any atom is 0.224 e. The predicted molar refractivity (Wildman–Crippen MR) is 127 cm³/mol. The van der Waals surface area contributed by atoms with Gasteiger partial charge in [-0.15, -0.1) is 11.3 Å². The molecule has 1 heterocycles. The highest BCUT2D eigenvalue weighted by molar-refractivity contribution is 7.14. The van der Waals surface area contributed by atoms with Crippen molar-refractivity contribution in [2.75, 3.05) is 10.6 Å². The van der Waals surface area contributed by atoms with Crippen LogP contribution in [0.1, 0.15) is 38.5 Å². The summed E-state index contributed by atoms with van der Waals surface area (Å²) in [6, 6.07) is 13.2. The summed E-state index contributed by atoms with van der Waals surface area (Å²) in [7, 11) is 0. The molecule has 1 aliphatic carbocycles. The molecule has 1 aromatic heterocycles. The third-order valence-electron chi connectivity index (χ3n) is 5.39. The molecule has 156 valence electrons. The van der Waals surface area contributed by atoms with E-state index < -0.39 is 0 Å². The molecular weight excluding hydrogens is 437 g/mol. The number of halogens is 2. The number of thiazole rings is 1. The number of carbonyl (C=O) groups is 1. The minimum Gasteiger partial charge on any atom is -0.331 e. The summed E-state index contributed by atoms with van der Waals surface area (Å²) >= 11 is 13.5. The summed E-state index contributed by atoms with van der Waals surface area (Å²) in [4.78, 5) is 16.8. The molecule has 1 fully saturated rings.